The molecule has 2 fully saturated rings. The van der Waals surface area contributed by atoms with Crippen LogP contribution in [0.4, 0.5) is 0 Å². The van der Waals surface area contributed by atoms with E-state index in [-0.39, 0.29) is 36.2 Å². The number of rotatable bonds is 9. The Bertz CT molecular complexity index is 1500. The molecule has 1 saturated heterocycles. The van der Waals surface area contributed by atoms with Crippen LogP contribution in [0.25, 0.3) is 10.9 Å². The van der Waals surface area contributed by atoms with E-state index < -0.39 is 21.5 Å². The summed E-state index contributed by atoms with van der Waals surface area (Å²) < 4.78 is 35.2. The lowest BCUT2D eigenvalue weighted by Crippen LogP contribution is -2.72. The van der Waals surface area contributed by atoms with Crippen molar-refractivity contribution in [3.8, 4) is 5.75 Å². The molecule has 0 spiro atoms. The van der Waals surface area contributed by atoms with Gasteiger partial charge in [-0.05, 0) is 56.2 Å². The molecular weight excluding hydrogens is 532 g/mol. The highest BCUT2D eigenvalue weighted by molar-refractivity contribution is 7.89. The first-order chi connectivity index (χ1) is 19.2. The van der Waals surface area contributed by atoms with E-state index in [0.717, 1.165) is 54.3 Å². The van der Waals surface area contributed by atoms with Gasteiger partial charge in [0.1, 0.15) is 12.4 Å². The molecule has 11 heteroatoms. The lowest BCUT2D eigenvalue weighted by molar-refractivity contribution is -0.147. The first-order valence-corrected chi connectivity index (χ1v) is 15.0. The molecule has 0 atom stereocenters. The van der Waals surface area contributed by atoms with Gasteiger partial charge < -0.3 is 9.64 Å². The molecule has 2 heterocycles. The average molecular weight is 567 g/mol. The number of ether oxygens (including phenoxy) is 1. The molecule has 0 unspecified atom stereocenters. The van der Waals surface area contributed by atoms with Gasteiger partial charge in [0, 0.05) is 35.7 Å². The van der Waals surface area contributed by atoms with Crippen molar-refractivity contribution in [3.05, 3.63) is 65.9 Å². The minimum atomic E-state index is -4.04. The molecule has 10 nitrogen and oxygen atoms in total. The zero-order valence-electron chi connectivity index (χ0n) is 22.4. The molecule has 40 heavy (non-hydrogen) atoms. The van der Waals surface area contributed by atoms with E-state index in [1.54, 1.807) is 22.5 Å². The summed E-state index contributed by atoms with van der Waals surface area (Å²) in [5.41, 5.74) is 3.11. The molecule has 5 rings (SSSR count). The Hall–Kier alpha value is -3.54. The molecule has 2 aromatic carbocycles. The van der Waals surface area contributed by atoms with Gasteiger partial charge in [-0.1, -0.05) is 37.5 Å². The quantitative estimate of drug-likeness (QED) is 0.266. The molecular formula is C29H34N4O6S. The van der Waals surface area contributed by atoms with Crippen molar-refractivity contribution < 1.29 is 28.0 Å². The SMILES string of the molecule is Cc1cc(COc2ccc(S(=O)(=O)NC3(CC(=O)NO)CN(C(=O)C4CCCCC4)C3)cc2)c2ccccc2n1. The van der Waals surface area contributed by atoms with Gasteiger partial charge >= 0.3 is 0 Å². The first kappa shape index (κ1) is 28.0. The number of hydrogen-bond acceptors (Lipinski definition) is 7. The number of amides is 2. The van der Waals surface area contributed by atoms with Crippen LogP contribution in [0.5, 0.6) is 5.75 Å². The number of para-hydroxylation sites is 1. The highest BCUT2D eigenvalue weighted by atomic mass is 32.2. The molecule has 212 valence electrons. The molecule has 0 radical (unpaired) electrons. The second-order valence-corrected chi connectivity index (χ2v) is 12.5. The van der Waals surface area contributed by atoms with Crippen molar-refractivity contribution in [3.63, 3.8) is 0 Å². The summed E-state index contributed by atoms with van der Waals surface area (Å²) in [6.07, 6.45) is 4.50. The number of hydrogen-bond donors (Lipinski definition) is 3. The third-order valence-corrected chi connectivity index (χ3v) is 9.28. The van der Waals surface area contributed by atoms with Crippen molar-refractivity contribution in [1.82, 2.24) is 20.1 Å². The Labute approximate surface area is 233 Å². The van der Waals surface area contributed by atoms with Crippen LogP contribution >= 0.6 is 0 Å². The van der Waals surface area contributed by atoms with Crippen LogP contribution in [0, 0.1) is 12.8 Å². The Kier molecular flexibility index (Phi) is 8.07. The minimum Gasteiger partial charge on any atom is -0.489 e. The number of fused-ring (bicyclic) bond motifs is 1. The highest BCUT2D eigenvalue weighted by Gasteiger charge is 2.50. The summed E-state index contributed by atoms with van der Waals surface area (Å²) in [6, 6.07) is 15.8. The molecule has 1 aliphatic heterocycles. The zero-order valence-corrected chi connectivity index (χ0v) is 23.2. The Balaban J connectivity index is 1.26. The van der Waals surface area contributed by atoms with E-state index in [4.69, 9.17) is 9.94 Å². The van der Waals surface area contributed by atoms with Crippen LogP contribution < -0.4 is 14.9 Å². The fourth-order valence-electron chi connectivity index (χ4n) is 5.74. The largest absolute Gasteiger partial charge is 0.489 e. The Morgan fingerprint density at radius 2 is 1.77 bits per heavy atom. The molecule has 0 bridgehead atoms. The Morgan fingerprint density at radius 3 is 2.48 bits per heavy atom. The first-order valence-electron chi connectivity index (χ1n) is 13.5. The van der Waals surface area contributed by atoms with E-state index >= 15 is 0 Å². The van der Waals surface area contributed by atoms with Gasteiger partial charge in [0.15, 0.2) is 0 Å². The third kappa shape index (κ3) is 6.11. The number of carbonyl (C=O) groups is 2. The molecule has 2 amide bonds. The normalized spacial score (nSPS) is 17.3. The zero-order chi connectivity index (χ0) is 28.3. The maximum Gasteiger partial charge on any atom is 0.245 e. The van der Waals surface area contributed by atoms with Crippen molar-refractivity contribution in [2.24, 2.45) is 5.92 Å². The number of aromatic nitrogens is 1. The standard InChI is InChI=1S/C29H34N4O6S/c1-20-15-22(25-9-5-6-10-26(25)30-20)17-39-23-11-13-24(14-12-23)40(37,38)32-29(16-27(34)31-36)18-33(19-29)28(35)21-7-3-2-4-8-21/h5-6,9-15,21,32,36H,2-4,7-8,16-19H2,1H3,(H,31,34). The van der Waals surface area contributed by atoms with Gasteiger partial charge in [0.2, 0.25) is 21.8 Å². The molecule has 2 aliphatic rings. The average Bonchev–Trinajstić information content (AvgIpc) is 2.94. The van der Waals surface area contributed by atoms with E-state index in [1.165, 1.54) is 12.1 Å². The topological polar surface area (TPSA) is 138 Å². The van der Waals surface area contributed by atoms with Crippen LogP contribution in [0.2, 0.25) is 0 Å². The highest BCUT2D eigenvalue weighted by Crippen LogP contribution is 2.33. The predicted molar refractivity (Wildman–Crippen MR) is 148 cm³/mol. The number of likely N-dealkylation sites (tertiary alicyclic amines) is 1. The molecule has 3 aromatic rings. The number of aryl methyl sites for hydroxylation is 1. The maximum absolute atomic E-state index is 13.3. The van der Waals surface area contributed by atoms with Gasteiger partial charge in [-0.2, -0.15) is 0 Å². The number of nitrogens with zero attached hydrogens (tertiary/aromatic N) is 2. The van der Waals surface area contributed by atoms with Gasteiger partial charge in [0.05, 0.1) is 22.4 Å². The van der Waals surface area contributed by atoms with E-state index in [2.05, 4.69) is 9.71 Å². The number of carbonyl (C=O) groups excluding carboxylic acids is 2. The summed E-state index contributed by atoms with van der Waals surface area (Å²) in [5, 5.41) is 10.1. The second kappa shape index (κ2) is 11.5. The van der Waals surface area contributed by atoms with Gasteiger partial charge in [-0.3, -0.25) is 19.8 Å². The van der Waals surface area contributed by atoms with Crippen LogP contribution in [0.1, 0.15) is 49.8 Å². The molecule has 1 saturated carbocycles. The van der Waals surface area contributed by atoms with Gasteiger partial charge in [-0.25, -0.2) is 18.6 Å². The lowest BCUT2D eigenvalue weighted by atomic mass is 9.83. The van der Waals surface area contributed by atoms with E-state index in [9.17, 15) is 18.0 Å². The summed E-state index contributed by atoms with van der Waals surface area (Å²) >= 11 is 0. The van der Waals surface area contributed by atoms with Crippen molar-refractivity contribution in [2.45, 2.75) is 62.5 Å². The van der Waals surface area contributed by atoms with Gasteiger partial charge in [0.25, 0.3) is 0 Å². The van der Waals surface area contributed by atoms with Crippen LogP contribution in [0.15, 0.2) is 59.5 Å². The maximum atomic E-state index is 13.3. The Morgan fingerprint density at radius 1 is 1.07 bits per heavy atom. The fraction of sp³-hybridized carbons (Fsp3) is 0.414. The fourth-order valence-corrected chi connectivity index (χ4v) is 7.13. The van der Waals surface area contributed by atoms with Crippen molar-refractivity contribution >= 4 is 32.7 Å². The van der Waals surface area contributed by atoms with Crippen LogP contribution in [0.3, 0.4) is 0 Å². The lowest BCUT2D eigenvalue weighted by Gasteiger charge is -2.50. The third-order valence-electron chi connectivity index (χ3n) is 7.69. The monoisotopic (exact) mass is 566 g/mol. The molecule has 1 aromatic heterocycles. The molecule has 1 aliphatic carbocycles. The number of pyridine rings is 1. The van der Waals surface area contributed by atoms with Gasteiger partial charge in [-0.15, -0.1) is 0 Å². The van der Waals surface area contributed by atoms with Crippen molar-refractivity contribution in [2.75, 3.05) is 13.1 Å². The predicted octanol–water partition coefficient (Wildman–Crippen LogP) is 3.46. The minimum absolute atomic E-state index is 0.00222. The molecule has 3 N–H and O–H groups in total. The number of hydroxylamine groups is 1. The van der Waals surface area contributed by atoms with E-state index in [1.807, 2.05) is 37.3 Å². The van der Waals surface area contributed by atoms with E-state index in [0.29, 0.717) is 12.4 Å². The number of nitrogens with one attached hydrogen (secondary N) is 2. The summed E-state index contributed by atoms with van der Waals surface area (Å²) in [4.78, 5) is 31.1. The number of sulfonamides is 1. The summed E-state index contributed by atoms with van der Waals surface area (Å²) in [6.45, 7) is 2.34. The van der Waals surface area contributed by atoms with Crippen LogP contribution in [-0.2, 0) is 26.2 Å². The summed E-state index contributed by atoms with van der Waals surface area (Å²) in [5.74, 6) is -0.288. The van der Waals surface area contributed by atoms with Crippen molar-refractivity contribution in [1.29, 1.82) is 0 Å². The second-order valence-electron chi connectivity index (χ2n) is 10.8. The van der Waals surface area contributed by atoms with Crippen LogP contribution in [-0.4, -0.2) is 54.0 Å². The summed E-state index contributed by atoms with van der Waals surface area (Å²) in [7, 11) is -4.04. The number of benzene rings is 2. The smallest absolute Gasteiger partial charge is 0.245 e.